The minimum absolute atomic E-state index is 0.293. The predicted molar refractivity (Wildman–Crippen MR) is 96.6 cm³/mol. The van der Waals surface area contributed by atoms with E-state index in [1.54, 1.807) is 18.5 Å². The van der Waals surface area contributed by atoms with Crippen LogP contribution in [0.5, 0.6) is 0 Å². The molecule has 3 N–H and O–H groups in total. The Labute approximate surface area is 143 Å². The van der Waals surface area contributed by atoms with Crippen LogP contribution in [0.3, 0.4) is 0 Å². The number of nitrogens with two attached hydrogens (primary N) is 1. The number of hydrogen-bond acceptors (Lipinski definition) is 4. The smallest absolute Gasteiger partial charge is 0.335 e. The van der Waals surface area contributed by atoms with Gasteiger partial charge in [-0.1, -0.05) is 30.3 Å². The van der Waals surface area contributed by atoms with E-state index in [0.717, 1.165) is 34.9 Å². The molecule has 0 radical (unpaired) electrons. The highest BCUT2D eigenvalue weighted by Crippen LogP contribution is 2.27. The summed E-state index contributed by atoms with van der Waals surface area (Å²) >= 11 is 0. The Morgan fingerprint density at radius 2 is 1.88 bits per heavy atom. The fraction of sp³-hybridized carbons (Fsp3) is 0.105. The summed E-state index contributed by atoms with van der Waals surface area (Å²) in [5, 5.41) is 9.99. The van der Waals surface area contributed by atoms with Gasteiger partial charge in [-0.2, -0.15) is 0 Å². The van der Waals surface area contributed by atoms with E-state index in [-0.39, 0.29) is 0 Å². The van der Waals surface area contributed by atoms with E-state index < -0.39 is 5.97 Å². The topological polar surface area (TPSA) is 94.0 Å². The quantitative estimate of drug-likeness (QED) is 0.599. The first kappa shape index (κ1) is 15.1. The fourth-order valence-electron chi connectivity index (χ4n) is 3.04. The molecule has 6 nitrogen and oxygen atoms in total. The van der Waals surface area contributed by atoms with Crippen molar-refractivity contribution in [3.05, 3.63) is 66.0 Å². The predicted octanol–water partition coefficient (Wildman–Crippen LogP) is 3.11. The lowest BCUT2D eigenvalue weighted by molar-refractivity contribution is 0.0697. The van der Waals surface area contributed by atoms with Crippen molar-refractivity contribution < 1.29 is 9.90 Å². The van der Waals surface area contributed by atoms with Crippen LogP contribution in [0.15, 0.2) is 54.9 Å². The number of hydrogen-bond donors (Lipinski definition) is 2. The van der Waals surface area contributed by atoms with Gasteiger partial charge in [0.05, 0.1) is 22.9 Å². The average Bonchev–Trinajstić information content (AvgIpc) is 3.05. The molecule has 25 heavy (non-hydrogen) atoms. The normalized spacial score (nSPS) is 11.2. The number of para-hydroxylation sites is 1. The van der Waals surface area contributed by atoms with Gasteiger partial charge in [-0.25, -0.2) is 14.8 Å². The Bertz CT molecular complexity index is 1080. The van der Waals surface area contributed by atoms with Crippen LogP contribution in [0.1, 0.15) is 15.9 Å². The number of aromatic carboxylic acids is 1. The van der Waals surface area contributed by atoms with Gasteiger partial charge in [0, 0.05) is 11.9 Å². The molecule has 0 aliphatic carbocycles. The molecular weight excluding hydrogens is 316 g/mol. The third-order valence-electron chi connectivity index (χ3n) is 4.32. The molecule has 0 aliphatic heterocycles. The van der Waals surface area contributed by atoms with Crippen molar-refractivity contribution in [1.82, 2.24) is 14.5 Å². The second kappa shape index (κ2) is 5.90. The minimum atomic E-state index is -0.915. The van der Waals surface area contributed by atoms with Gasteiger partial charge in [-0.3, -0.25) is 0 Å². The van der Waals surface area contributed by atoms with Crippen LogP contribution >= 0.6 is 0 Å². The Morgan fingerprint density at radius 3 is 2.64 bits per heavy atom. The lowest BCUT2D eigenvalue weighted by Crippen LogP contribution is -2.02. The summed E-state index contributed by atoms with van der Waals surface area (Å²) in [7, 11) is 0. The van der Waals surface area contributed by atoms with E-state index in [4.69, 9.17) is 10.8 Å². The van der Waals surface area contributed by atoms with E-state index >= 15 is 0 Å². The summed E-state index contributed by atoms with van der Waals surface area (Å²) in [5.41, 5.74) is 9.94. The molecule has 0 aliphatic rings. The van der Waals surface area contributed by atoms with Crippen LogP contribution in [0, 0.1) is 0 Å². The van der Waals surface area contributed by atoms with Crippen LogP contribution in [0.25, 0.3) is 21.9 Å². The molecule has 0 atom stereocenters. The van der Waals surface area contributed by atoms with Crippen molar-refractivity contribution >= 4 is 33.7 Å². The first-order chi connectivity index (χ1) is 12.1. The number of imidazole rings is 1. The van der Waals surface area contributed by atoms with Gasteiger partial charge in [0.25, 0.3) is 0 Å². The van der Waals surface area contributed by atoms with Crippen molar-refractivity contribution in [3.8, 4) is 0 Å². The second-order valence-corrected chi connectivity index (χ2v) is 5.90. The third kappa shape index (κ3) is 2.67. The van der Waals surface area contributed by atoms with Gasteiger partial charge in [-0.15, -0.1) is 0 Å². The van der Waals surface area contributed by atoms with Crippen LogP contribution in [-0.4, -0.2) is 25.6 Å². The lowest BCUT2D eigenvalue weighted by Gasteiger charge is -2.08. The van der Waals surface area contributed by atoms with Crippen LogP contribution in [0.4, 0.5) is 5.82 Å². The molecule has 4 aromatic rings. The summed E-state index contributed by atoms with van der Waals surface area (Å²) in [6.45, 7) is 0.719. The minimum Gasteiger partial charge on any atom is -0.478 e. The summed E-state index contributed by atoms with van der Waals surface area (Å²) < 4.78 is 2.07. The SMILES string of the molecule is Nc1nc2ccccc2c2c1ncn2CCc1ccc(C(=O)O)cc1. The van der Waals surface area contributed by atoms with Crippen molar-refractivity contribution in [2.45, 2.75) is 13.0 Å². The summed E-state index contributed by atoms with van der Waals surface area (Å²) in [6.07, 6.45) is 2.54. The van der Waals surface area contributed by atoms with Crippen LogP contribution in [0.2, 0.25) is 0 Å². The van der Waals surface area contributed by atoms with Gasteiger partial charge >= 0.3 is 5.97 Å². The highest BCUT2D eigenvalue weighted by atomic mass is 16.4. The number of nitrogen functional groups attached to an aromatic ring is 1. The maximum absolute atomic E-state index is 10.9. The van der Waals surface area contributed by atoms with E-state index in [0.29, 0.717) is 16.9 Å². The third-order valence-corrected chi connectivity index (χ3v) is 4.32. The average molecular weight is 332 g/mol. The van der Waals surface area contributed by atoms with Gasteiger partial charge in [0.1, 0.15) is 5.52 Å². The molecule has 2 heterocycles. The number of anilines is 1. The van der Waals surface area contributed by atoms with Gasteiger partial charge in [0.2, 0.25) is 0 Å². The van der Waals surface area contributed by atoms with Crippen LogP contribution < -0.4 is 5.73 Å². The highest BCUT2D eigenvalue weighted by Gasteiger charge is 2.12. The van der Waals surface area contributed by atoms with Crippen LogP contribution in [-0.2, 0) is 13.0 Å². The molecule has 0 unspecified atom stereocenters. The molecule has 124 valence electrons. The molecule has 0 spiro atoms. The number of nitrogens with zero attached hydrogens (tertiary/aromatic N) is 3. The number of aromatic nitrogens is 3. The van der Waals surface area contributed by atoms with Crippen molar-refractivity contribution in [2.75, 3.05) is 5.73 Å². The second-order valence-electron chi connectivity index (χ2n) is 5.90. The fourth-order valence-corrected chi connectivity index (χ4v) is 3.04. The standard InChI is InChI=1S/C19H16N4O2/c20-18-16-17(14-3-1-2-4-15(14)22-18)23(11-21-16)10-9-12-5-7-13(8-6-12)19(24)25/h1-8,11H,9-10H2,(H2,20,22)(H,24,25). The number of aryl methyl sites for hydroxylation is 2. The lowest BCUT2D eigenvalue weighted by atomic mass is 10.1. The van der Waals surface area contributed by atoms with Crippen molar-refractivity contribution in [3.63, 3.8) is 0 Å². The monoisotopic (exact) mass is 332 g/mol. The summed E-state index contributed by atoms with van der Waals surface area (Å²) in [5.74, 6) is -0.486. The summed E-state index contributed by atoms with van der Waals surface area (Å²) in [4.78, 5) is 19.8. The zero-order chi connectivity index (χ0) is 17.4. The van der Waals surface area contributed by atoms with E-state index in [1.807, 2.05) is 36.4 Å². The molecular formula is C19H16N4O2. The Morgan fingerprint density at radius 1 is 1.12 bits per heavy atom. The largest absolute Gasteiger partial charge is 0.478 e. The number of carbonyl (C=O) groups is 1. The van der Waals surface area contributed by atoms with Gasteiger partial charge in [0.15, 0.2) is 5.82 Å². The first-order valence-electron chi connectivity index (χ1n) is 7.95. The Hall–Kier alpha value is -3.41. The molecule has 0 fully saturated rings. The number of rotatable bonds is 4. The van der Waals surface area contributed by atoms with E-state index in [9.17, 15) is 4.79 Å². The molecule has 0 bridgehead atoms. The van der Waals surface area contributed by atoms with Crippen molar-refractivity contribution in [1.29, 1.82) is 0 Å². The maximum atomic E-state index is 10.9. The Kier molecular flexibility index (Phi) is 3.57. The van der Waals surface area contributed by atoms with Gasteiger partial charge < -0.3 is 15.4 Å². The molecule has 0 saturated carbocycles. The first-order valence-corrected chi connectivity index (χ1v) is 7.95. The number of benzene rings is 2. The zero-order valence-electron chi connectivity index (χ0n) is 13.4. The molecule has 0 amide bonds. The Balaban J connectivity index is 1.69. The maximum Gasteiger partial charge on any atom is 0.335 e. The number of carboxylic acid groups (broad SMARTS) is 1. The summed E-state index contributed by atoms with van der Waals surface area (Å²) in [6, 6.07) is 14.8. The number of carboxylic acids is 1. The zero-order valence-corrected chi connectivity index (χ0v) is 13.4. The van der Waals surface area contributed by atoms with Crippen molar-refractivity contribution in [2.24, 2.45) is 0 Å². The molecule has 2 aromatic carbocycles. The number of pyridine rings is 1. The highest BCUT2D eigenvalue weighted by molar-refractivity contribution is 6.06. The van der Waals surface area contributed by atoms with E-state index in [2.05, 4.69) is 14.5 Å². The number of fused-ring (bicyclic) bond motifs is 3. The molecule has 4 rings (SSSR count). The van der Waals surface area contributed by atoms with Gasteiger partial charge in [-0.05, 0) is 30.2 Å². The molecule has 2 aromatic heterocycles. The molecule has 0 saturated heterocycles. The van der Waals surface area contributed by atoms with E-state index in [1.165, 1.54) is 0 Å². The molecule has 6 heteroatoms.